The first kappa shape index (κ1) is 31.5. The molecule has 0 saturated heterocycles. The molecule has 220 valence electrons. The highest BCUT2D eigenvalue weighted by Gasteiger charge is 2.72. The number of hydrogen-bond donors (Lipinski definition) is 1. The third-order valence-electron chi connectivity index (χ3n) is 12.1. The lowest BCUT2D eigenvalue weighted by atomic mass is 9.56. The summed E-state index contributed by atoms with van der Waals surface area (Å²) in [6.45, 7) is 24.0. The zero-order valence-corrected chi connectivity index (χ0v) is 26.6. The summed E-state index contributed by atoms with van der Waals surface area (Å²) in [5, 5.41) is 0. The van der Waals surface area contributed by atoms with Gasteiger partial charge in [0, 0.05) is 31.8 Å². The minimum absolute atomic E-state index is 0.0230. The van der Waals surface area contributed by atoms with Gasteiger partial charge in [0.1, 0.15) is 6.10 Å². The lowest BCUT2D eigenvalue weighted by Gasteiger charge is -2.51. The molecular formula is C33H59NO4. The highest BCUT2D eigenvalue weighted by molar-refractivity contribution is 5.66. The van der Waals surface area contributed by atoms with Crippen molar-refractivity contribution in [1.82, 2.24) is 0 Å². The predicted molar refractivity (Wildman–Crippen MR) is 156 cm³/mol. The molecule has 3 fully saturated rings. The van der Waals surface area contributed by atoms with E-state index >= 15 is 0 Å². The van der Waals surface area contributed by atoms with Gasteiger partial charge in [0.2, 0.25) is 0 Å². The third kappa shape index (κ3) is 5.32. The molecule has 0 aromatic carbocycles. The second-order valence-corrected chi connectivity index (χ2v) is 15.0. The van der Waals surface area contributed by atoms with Gasteiger partial charge in [0.05, 0.1) is 18.5 Å². The Hall–Kier alpha value is -1.07. The van der Waals surface area contributed by atoms with Crippen molar-refractivity contribution in [3.8, 4) is 0 Å². The van der Waals surface area contributed by atoms with Crippen molar-refractivity contribution in [2.75, 3.05) is 20.3 Å². The van der Waals surface area contributed by atoms with Crippen molar-refractivity contribution in [1.29, 1.82) is 0 Å². The average Bonchev–Trinajstić information content (AvgIpc) is 3.35. The minimum atomic E-state index is -0.166. The molecule has 3 saturated carbocycles. The molecule has 0 amide bonds. The fourth-order valence-electron chi connectivity index (χ4n) is 9.20. The molecule has 3 aliphatic rings. The number of esters is 1. The van der Waals surface area contributed by atoms with Crippen molar-refractivity contribution in [3.63, 3.8) is 0 Å². The normalized spacial score (nSPS) is 39.2. The van der Waals surface area contributed by atoms with Crippen LogP contribution in [0.3, 0.4) is 0 Å². The maximum atomic E-state index is 11.9. The molecule has 1 spiro atoms. The zero-order valence-electron chi connectivity index (χ0n) is 26.6. The van der Waals surface area contributed by atoms with Gasteiger partial charge in [-0.2, -0.15) is 0 Å². The van der Waals surface area contributed by atoms with Crippen molar-refractivity contribution >= 4 is 5.97 Å². The van der Waals surface area contributed by atoms with Gasteiger partial charge in [-0.1, -0.05) is 48.5 Å². The summed E-state index contributed by atoms with van der Waals surface area (Å²) in [5.74, 6) is 1.78. The Morgan fingerprint density at radius 1 is 1.03 bits per heavy atom. The zero-order chi connectivity index (χ0) is 28.7. The standard InChI is InChI=1S/C33H59NO4/c1-12-25(22(2)3)37-20-24-26(36-11)19-29(5,6)32(24,10)17-16-31(9)21-33(31)15-13-28(38-23(4)35)30(7,8)27(33)14-18-34/h24,26-28H,12-21,34H2,1-11H3. The molecule has 0 radical (unpaired) electrons. The van der Waals surface area contributed by atoms with Crippen LogP contribution >= 0.6 is 0 Å². The summed E-state index contributed by atoms with van der Waals surface area (Å²) in [4.78, 5) is 11.9. The number of carbonyl (C=O) groups excluding carboxylic acids is 1. The van der Waals surface area contributed by atoms with Gasteiger partial charge >= 0.3 is 5.97 Å². The Balaban J connectivity index is 1.83. The van der Waals surface area contributed by atoms with Crippen LogP contribution in [-0.4, -0.2) is 38.4 Å². The van der Waals surface area contributed by atoms with Gasteiger partial charge in [-0.15, -0.1) is 0 Å². The fraction of sp³-hybridized carbons (Fsp3) is 0.909. The van der Waals surface area contributed by atoms with E-state index in [1.54, 1.807) is 0 Å². The average molecular weight is 534 g/mol. The molecule has 3 rings (SSSR count). The molecule has 0 heterocycles. The van der Waals surface area contributed by atoms with E-state index in [1.165, 1.54) is 31.8 Å². The van der Waals surface area contributed by atoms with E-state index in [2.05, 4.69) is 62.3 Å². The first-order valence-corrected chi connectivity index (χ1v) is 15.2. The lowest BCUT2D eigenvalue weighted by Crippen LogP contribution is -2.50. The molecule has 3 aliphatic carbocycles. The lowest BCUT2D eigenvalue weighted by molar-refractivity contribution is -0.165. The van der Waals surface area contributed by atoms with Gasteiger partial charge in [-0.3, -0.25) is 4.79 Å². The van der Waals surface area contributed by atoms with E-state index in [1.807, 2.05) is 7.11 Å². The molecule has 2 N–H and O–H groups in total. The van der Waals surface area contributed by atoms with Crippen LogP contribution in [0.25, 0.3) is 0 Å². The Bertz CT molecular complexity index is 889. The number of nitrogens with two attached hydrogens (primary N) is 1. The van der Waals surface area contributed by atoms with Crippen molar-refractivity contribution in [3.05, 3.63) is 11.3 Å². The van der Waals surface area contributed by atoms with Gasteiger partial charge in [0.25, 0.3) is 0 Å². The largest absolute Gasteiger partial charge is 0.498 e. The van der Waals surface area contributed by atoms with Crippen LogP contribution in [0.15, 0.2) is 11.3 Å². The summed E-state index contributed by atoms with van der Waals surface area (Å²) in [5.41, 5.74) is 8.25. The van der Waals surface area contributed by atoms with Crippen LogP contribution in [0.2, 0.25) is 0 Å². The predicted octanol–water partition coefficient (Wildman–Crippen LogP) is 7.67. The molecule has 0 aromatic heterocycles. The maximum Gasteiger partial charge on any atom is 0.302 e. The van der Waals surface area contributed by atoms with E-state index in [0.29, 0.717) is 18.4 Å². The monoisotopic (exact) mass is 533 g/mol. The molecule has 0 aromatic rings. The Labute approximate surface area is 234 Å². The first-order valence-electron chi connectivity index (χ1n) is 15.2. The molecular weight excluding hydrogens is 474 g/mol. The topological polar surface area (TPSA) is 70.8 Å². The SMILES string of the molecule is CCC(OCC1C(OC)CC(C)(C)C1(C)CCC1(C)CC12CCC(OC(C)=O)C(C)(C)C2CCN)=C(C)C. The van der Waals surface area contributed by atoms with E-state index in [9.17, 15) is 4.79 Å². The Morgan fingerprint density at radius 2 is 1.68 bits per heavy atom. The Morgan fingerprint density at radius 3 is 2.21 bits per heavy atom. The number of carbonyl (C=O) groups is 1. The summed E-state index contributed by atoms with van der Waals surface area (Å²) < 4.78 is 18.4. The van der Waals surface area contributed by atoms with Gasteiger partial charge < -0.3 is 19.9 Å². The second kappa shape index (κ2) is 11.1. The van der Waals surface area contributed by atoms with Gasteiger partial charge in [-0.25, -0.2) is 0 Å². The quantitative estimate of drug-likeness (QED) is 0.218. The molecule has 0 bridgehead atoms. The van der Waals surface area contributed by atoms with Crippen molar-refractivity contribution < 1.29 is 19.0 Å². The Kier molecular flexibility index (Phi) is 9.16. The van der Waals surface area contributed by atoms with Crippen LogP contribution in [-0.2, 0) is 19.0 Å². The molecule has 38 heavy (non-hydrogen) atoms. The van der Waals surface area contributed by atoms with E-state index in [0.717, 1.165) is 44.5 Å². The van der Waals surface area contributed by atoms with Crippen LogP contribution in [0.4, 0.5) is 0 Å². The molecule has 5 nitrogen and oxygen atoms in total. The summed E-state index contributed by atoms with van der Waals surface area (Å²) in [6, 6.07) is 0. The van der Waals surface area contributed by atoms with Gasteiger partial charge in [-0.05, 0) is 98.5 Å². The van der Waals surface area contributed by atoms with Crippen molar-refractivity contribution in [2.24, 2.45) is 44.6 Å². The van der Waals surface area contributed by atoms with Crippen LogP contribution < -0.4 is 5.73 Å². The van der Waals surface area contributed by atoms with Crippen LogP contribution in [0, 0.1) is 38.9 Å². The molecule has 0 aliphatic heterocycles. The highest BCUT2D eigenvalue weighted by Crippen LogP contribution is 2.78. The van der Waals surface area contributed by atoms with E-state index in [4.69, 9.17) is 19.9 Å². The molecule has 7 atom stereocenters. The smallest absolute Gasteiger partial charge is 0.302 e. The number of hydrogen-bond acceptors (Lipinski definition) is 5. The second-order valence-electron chi connectivity index (χ2n) is 15.0. The van der Waals surface area contributed by atoms with Crippen molar-refractivity contribution in [2.45, 2.75) is 133 Å². The minimum Gasteiger partial charge on any atom is -0.498 e. The van der Waals surface area contributed by atoms with E-state index < -0.39 is 0 Å². The van der Waals surface area contributed by atoms with Crippen LogP contribution in [0.5, 0.6) is 0 Å². The maximum absolute atomic E-state index is 11.9. The molecule has 7 unspecified atom stereocenters. The fourth-order valence-corrected chi connectivity index (χ4v) is 9.20. The summed E-state index contributed by atoms with van der Waals surface area (Å²) in [6.07, 6.45) is 8.90. The first-order chi connectivity index (χ1) is 17.5. The number of allylic oxidation sites excluding steroid dienone is 2. The summed E-state index contributed by atoms with van der Waals surface area (Å²) >= 11 is 0. The van der Waals surface area contributed by atoms with E-state index in [-0.39, 0.29) is 45.3 Å². The number of ether oxygens (including phenoxy) is 3. The highest BCUT2D eigenvalue weighted by atomic mass is 16.5. The summed E-state index contributed by atoms with van der Waals surface area (Å²) in [7, 11) is 1.87. The number of rotatable bonds is 11. The molecule has 5 heteroatoms. The van der Waals surface area contributed by atoms with Gasteiger partial charge in [0.15, 0.2) is 0 Å². The van der Waals surface area contributed by atoms with Crippen LogP contribution in [0.1, 0.15) is 121 Å². The third-order valence-corrected chi connectivity index (χ3v) is 12.1. The number of methoxy groups -OCH3 is 1.